The van der Waals surface area contributed by atoms with E-state index >= 15 is 0 Å². The maximum Gasteiger partial charge on any atom is 0.340 e. The fourth-order valence-corrected chi connectivity index (χ4v) is 1.68. The molecule has 110 valence electrons. The molecule has 0 aliphatic heterocycles. The van der Waals surface area contributed by atoms with Crippen molar-refractivity contribution in [3.8, 4) is 5.75 Å². The van der Waals surface area contributed by atoms with Crippen LogP contribution < -0.4 is 4.74 Å². The summed E-state index contributed by atoms with van der Waals surface area (Å²) in [5.74, 6) is 0.180. The first-order chi connectivity index (χ1) is 9.34. The van der Waals surface area contributed by atoms with E-state index in [9.17, 15) is 4.79 Å². The number of pyridine rings is 1. The molecule has 0 N–H and O–H groups in total. The first-order valence-corrected chi connectivity index (χ1v) is 6.80. The minimum absolute atomic E-state index is 0.0344. The van der Waals surface area contributed by atoms with E-state index in [2.05, 4.69) is 11.6 Å². The van der Waals surface area contributed by atoms with E-state index in [0.717, 1.165) is 12.8 Å². The number of aromatic nitrogens is 1. The van der Waals surface area contributed by atoms with Crippen LogP contribution in [0.5, 0.6) is 5.75 Å². The van der Waals surface area contributed by atoms with Crippen LogP contribution in [0.4, 0.5) is 0 Å². The van der Waals surface area contributed by atoms with E-state index in [1.165, 1.54) is 6.20 Å². The van der Waals surface area contributed by atoms with Gasteiger partial charge in [-0.2, -0.15) is 0 Å². The van der Waals surface area contributed by atoms with Crippen molar-refractivity contribution in [3.05, 3.63) is 36.7 Å². The lowest BCUT2D eigenvalue weighted by atomic mass is 10.0. The predicted molar refractivity (Wildman–Crippen MR) is 78.9 cm³/mol. The van der Waals surface area contributed by atoms with Gasteiger partial charge in [0.05, 0.1) is 17.9 Å². The summed E-state index contributed by atoms with van der Waals surface area (Å²) in [6.45, 7) is 11.3. The van der Waals surface area contributed by atoms with Gasteiger partial charge in [0.1, 0.15) is 11.4 Å². The zero-order chi connectivity index (χ0) is 15.2. The third kappa shape index (κ3) is 5.43. The largest absolute Gasteiger partial charge is 0.489 e. The lowest BCUT2D eigenvalue weighted by Crippen LogP contribution is -2.28. The number of rotatable bonds is 7. The monoisotopic (exact) mass is 277 g/mol. The molecule has 1 rings (SSSR count). The first-order valence-electron chi connectivity index (χ1n) is 6.80. The number of carbonyl (C=O) groups excluding carboxylic acids is 1. The smallest absolute Gasteiger partial charge is 0.340 e. The second-order valence-corrected chi connectivity index (χ2v) is 5.55. The standard InChI is InChI=1S/C16H23NO3/c1-6-7-8-16(4,5)20-15(18)13-9-14(11-17-10-13)19-12(2)3/h6,9-12H,1,7-8H2,2-5H3. The van der Waals surface area contributed by atoms with Gasteiger partial charge in [0.25, 0.3) is 0 Å². The van der Waals surface area contributed by atoms with E-state index < -0.39 is 5.60 Å². The van der Waals surface area contributed by atoms with Gasteiger partial charge in [-0.25, -0.2) is 4.79 Å². The van der Waals surface area contributed by atoms with Crippen LogP contribution in [-0.4, -0.2) is 22.7 Å². The highest BCUT2D eigenvalue weighted by molar-refractivity contribution is 5.89. The van der Waals surface area contributed by atoms with Gasteiger partial charge >= 0.3 is 5.97 Å². The van der Waals surface area contributed by atoms with Gasteiger partial charge in [0.2, 0.25) is 0 Å². The third-order valence-corrected chi connectivity index (χ3v) is 2.64. The number of nitrogens with zero attached hydrogens (tertiary/aromatic N) is 1. The number of hydrogen-bond donors (Lipinski definition) is 0. The molecule has 0 fully saturated rings. The molecule has 1 aromatic heterocycles. The van der Waals surface area contributed by atoms with Crippen LogP contribution in [-0.2, 0) is 4.74 Å². The summed E-state index contributed by atoms with van der Waals surface area (Å²) >= 11 is 0. The normalized spacial score (nSPS) is 11.2. The molecule has 0 aromatic carbocycles. The Morgan fingerprint density at radius 2 is 2.15 bits per heavy atom. The lowest BCUT2D eigenvalue weighted by Gasteiger charge is -2.24. The molecule has 4 heteroatoms. The lowest BCUT2D eigenvalue weighted by molar-refractivity contribution is -0.00414. The minimum atomic E-state index is -0.528. The van der Waals surface area contributed by atoms with Crippen molar-refractivity contribution >= 4 is 5.97 Å². The average molecular weight is 277 g/mol. The molecule has 0 amide bonds. The van der Waals surface area contributed by atoms with Crippen molar-refractivity contribution in [2.45, 2.75) is 52.2 Å². The van der Waals surface area contributed by atoms with Crippen LogP contribution in [0.1, 0.15) is 50.9 Å². The van der Waals surface area contributed by atoms with Crippen LogP contribution in [0.3, 0.4) is 0 Å². The highest BCUT2D eigenvalue weighted by atomic mass is 16.6. The zero-order valence-corrected chi connectivity index (χ0v) is 12.7. The van der Waals surface area contributed by atoms with Crippen molar-refractivity contribution in [1.82, 2.24) is 4.98 Å². The van der Waals surface area contributed by atoms with Crippen molar-refractivity contribution in [2.75, 3.05) is 0 Å². The van der Waals surface area contributed by atoms with Gasteiger partial charge in [-0.15, -0.1) is 6.58 Å². The second-order valence-electron chi connectivity index (χ2n) is 5.55. The van der Waals surface area contributed by atoms with Crippen LogP contribution >= 0.6 is 0 Å². The van der Waals surface area contributed by atoms with Gasteiger partial charge in [0.15, 0.2) is 0 Å². The molecular formula is C16H23NO3. The molecule has 0 bridgehead atoms. The van der Waals surface area contributed by atoms with E-state index in [4.69, 9.17) is 9.47 Å². The number of allylic oxidation sites excluding steroid dienone is 1. The Morgan fingerprint density at radius 3 is 2.75 bits per heavy atom. The summed E-state index contributed by atoms with van der Waals surface area (Å²) < 4.78 is 11.0. The maximum absolute atomic E-state index is 12.1. The van der Waals surface area contributed by atoms with Crippen molar-refractivity contribution < 1.29 is 14.3 Å². The Morgan fingerprint density at radius 1 is 1.45 bits per heavy atom. The molecule has 1 heterocycles. The molecule has 1 aromatic rings. The summed E-state index contributed by atoms with van der Waals surface area (Å²) in [4.78, 5) is 16.1. The SMILES string of the molecule is C=CCCC(C)(C)OC(=O)c1cncc(OC(C)C)c1. The molecular weight excluding hydrogens is 254 g/mol. The fraction of sp³-hybridized carbons (Fsp3) is 0.500. The Balaban J connectivity index is 2.74. The van der Waals surface area contributed by atoms with E-state index in [-0.39, 0.29) is 12.1 Å². The quantitative estimate of drug-likeness (QED) is 0.562. The van der Waals surface area contributed by atoms with Gasteiger partial charge in [-0.05, 0) is 46.6 Å². The molecule has 0 saturated carbocycles. The fourth-order valence-electron chi connectivity index (χ4n) is 1.68. The number of hydrogen-bond acceptors (Lipinski definition) is 4. The molecule has 0 unspecified atom stereocenters. The summed E-state index contributed by atoms with van der Waals surface area (Å²) in [5, 5.41) is 0. The van der Waals surface area contributed by atoms with E-state index in [0.29, 0.717) is 11.3 Å². The molecule has 0 saturated heterocycles. The zero-order valence-electron chi connectivity index (χ0n) is 12.7. The Hall–Kier alpha value is -1.84. The Bertz CT molecular complexity index is 467. The van der Waals surface area contributed by atoms with E-state index in [1.54, 1.807) is 12.3 Å². The highest BCUT2D eigenvalue weighted by Gasteiger charge is 2.23. The molecule has 4 nitrogen and oxygen atoms in total. The molecule has 0 atom stereocenters. The van der Waals surface area contributed by atoms with Gasteiger partial charge in [-0.3, -0.25) is 4.98 Å². The summed E-state index contributed by atoms with van der Waals surface area (Å²) in [6.07, 6.45) is 6.45. The van der Waals surface area contributed by atoms with Crippen LogP contribution in [0.25, 0.3) is 0 Å². The van der Waals surface area contributed by atoms with Gasteiger partial charge in [-0.1, -0.05) is 6.08 Å². The average Bonchev–Trinajstić information content (AvgIpc) is 2.35. The maximum atomic E-state index is 12.1. The predicted octanol–water partition coefficient (Wildman–Crippen LogP) is 3.77. The first kappa shape index (κ1) is 16.2. The summed E-state index contributed by atoms with van der Waals surface area (Å²) in [6, 6.07) is 1.65. The Labute approximate surface area is 120 Å². The Kier molecular flexibility index (Phi) is 5.74. The van der Waals surface area contributed by atoms with Crippen LogP contribution in [0.2, 0.25) is 0 Å². The van der Waals surface area contributed by atoms with Gasteiger partial charge < -0.3 is 9.47 Å². The molecule has 0 aliphatic rings. The summed E-state index contributed by atoms with van der Waals surface area (Å²) in [5.41, 5.74) is -0.130. The second kappa shape index (κ2) is 7.08. The highest BCUT2D eigenvalue weighted by Crippen LogP contribution is 2.20. The van der Waals surface area contributed by atoms with E-state index in [1.807, 2.05) is 33.8 Å². The van der Waals surface area contributed by atoms with Crippen molar-refractivity contribution in [2.24, 2.45) is 0 Å². The number of ether oxygens (including phenoxy) is 2. The summed E-state index contributed by atoms with van der Waals surface area (Å²) in [7, 11) is 0. The number of carbonyl (C=O) groups is 1. The minimum Gasteiger partial charge on any atom is -0.489 e. The molecule has 20 heavy (non-hydrogen) atoms. The topological polar surface area (TPSA) is 48.4 Å². The van der Waals surface area contributed by atoms with Crippen LogP contribution in [0.15, 0.2) is 31.1 Å². The molecule has 0 radical (unpaired) electrons. The third-order valence-electron chi connectivity index (χ3n) is 2.64. The van der Waals surface area contributed by atoms with Gasteiger partial charge in [0, 0.05) is 6.20 Å². The van der Waals surface area contributed by atoms with Crippen molar-refractivity contribution in [3.63, 3.8) is 0 Å². The molecule has 0 aliphatic carbocycles. The molecule has 0 spiro atoms. The number of esters is 1. The van der Waals surface area contributed by atoms with Crippen molar-refractivity contribution in [1.29, 1.82) is 0 Å². The van der Waals surface area contributed by atoms with Crippen LogP contribution in [0, 0.1) is 0 Å².